The molecule has 3 N–H and O–H groups in total. The second kappa shape index (κ2) is 20.7. The molecule has 0 bridgehead atoms. The standard InChI is InChI=1S/C28H51NO2/c1-2-3-4-5-6-7-8-9-10-11-12-13-14-15-16-17-18-19-23-29-24-22-26-20-21-27(30)28(31)25-26/h20-21,25,29-31H,2-19,22-24H2,1H3. The molecule has 1 rings (SSSR count). The Kier molecular flexibility index (Phi) is 18.5. The van der Waals surface area contributed by atoms with E-state index in [0.29, 0.717) is 0 Å². The summed E-state index contributed by atoms with van der Waals surface area (Å²) in [6.45, 7) is 4.28. The first kappa shape index (κ1) is 27.8. The number of hydrogen-bond acceptors (Lipinski definition) is 3. The molecule has 0 saturated heterocycles. The minimum Gasteiger partial charge on any atom is -0.504 e. The van der Waals surface area contributed by atoms with Crippen molar-refractivity contribution in [2.45, 2.75) is 129 Å². The number of phenols is 2. The number of hydrogen-bond donors (Lipinski definition) is 3. The van der Waals surface area contributed by atoms with Gasteiger partial charge in [0.2, 0.25) is 0 Å². The van der Waals surface area contributed by atoms with Gasteiger partial charge in [-0.15, -0.1) is 0 Å². The molecule has 31 heavy (non-hydrogen) atoms. The molecule has 0 heterocycles. The van der Waals surface area contributed by atoms with Crippen molar-refractivity contribution in [3.63, 3.8) is 0 Å². The van der Waals surface area contributed by atoms with E-state index in [1.165, 1.54) is 116 Å². The predicted octanol–water partition coefficient (Wildman–Crippen LogP) is 8.27. The maximum Gasteiger partial charge on any atom is 0.157 e. The Morgan fingerprint density at radius 2 is 1.00 bits per heavy atom. The summed E-state index contributed by atoms with van der Waals surface area (Å²) in [4.78, 5) is 0. The van der Waals surface area contributed by atoms with Crippen molar-refractivity contribution in [1.82, 2.24) is 5.32 Å². The molecule has 1 aromatic carbocycles. The molecular formula is C28H51NO2. The second-order valence-corrected chi connectivity index (χ2v) is 9.33. The molecule has 0 aliphatic rings. The molecule has 3 heteroatoms. The van der Waals surface area contributed by atoms with Crippen molar-refractivity contribution >= 4 is 0 Å². The van der Waals surface area contributed by atoms with E-state index in [1.54, 1.807) is 12.1 Å². The first-order valence-corrected chi connectivity index (χ1v) is 13.5. The summed E-state index contributed by atoms with van der Waals surface area (Å²) in [5.74, 6) is -0.0727. The quantitative estimate of drug-likeness (QED) is 0.127. The van der Waals surface area contributed by atoms with Crippen molar-refractivity contribution in [2.24, 2.45) is 0 Å². The van der Waals surface area contributed by atoms with Crippen LogP contribution in [0.5, 0.6) is 11.5 Å². The van der Waals surface area contributed by atoms with E-state index in [0.717, 1.165) is 25.1 Å². The molecule has 0 atom stereocenters. The highest BCUT2D eigenvalue weighted by Gasteiger charge is 2.00. The van der Waals surface area contributed by atoms with Gasteiger partial charge in [0.25, 0.3) is 0 Å². The number of unbranched alkanes of at least 4 members (excludes halogenated alkanes) is 17. The SMILES string of the molecule is CCCCCCCCCCCCCCCCCCCCNCCc1ccc(O)c(O)c1. The zero-order valence-electron chi connectivity index (χ0n) is 20.5. The molecular weight excluding hydrogens is 382 g/mol. The molecule has 0 fully saturated rings. The Morgan fingerprint density at radius 3 is 1.45 bits per heavy atom. The fourth-order valence-corrected chi connectivity index (χ4v) is 4.23. The molecule has 0 aliphatic carbocycles. The molecule has 0 spiro atoms. The van der Waals surface area contributed by atoms with Gasteiger partial charge in [-0.25, -0.2) is 0 Å². The third-order valence-electron chi connectivity index (χ3n) is 6.34. The van der Waals surface area contributed by atoms with Crippen LogP contribution in [0.2, 0.25) is 0 Å². The van der Waals surface area contributed by atoms with Crippen LogP contribution >= 0.6 is 0 Å². The van der Waals surface area contributed by atoms with Gasteiger partial charge in [-0.3, -0.25) is 0 Å². The third-order valence-corrected chi connectivity index (χ3v) is 6.34. The van der Waals surface area contributed by atoms with Crippen molar-refractivity contribution in [1.29, 1.82) is 0 Å². The largest absolute Gasteiger partial charge is 0.504 e. The molecule has 0 unspecified atom stereocenters. The van der Waals surface area contributed by atoms with E-state index in [1.807, 2.05) is 6.07 Å². The summed E-state index contributed by atoms with van der Waals surface area (Å²) in [7, 11) is 0. The molecule has 180 valence electrons. The molecule has 3 nitrogen and oxygen atoms in total. The van der Waals surface area contributed by atoms with Crippen LogP contribution in [0, 0.1) is 0 Å². The second-order valence-electron chi connectivity index (χ2n) is 9.33. The molecule has 0 amide bonds. The minimum absolute atomic E-state index is 0.0269. The smallest absolute Gasteiger partial charge is 0.157 e. The van der Waals surface area contributed by atoms with Gasteiger partial charge in [-0.1, -0.05) is 122 Å². The van der Waals surface area contributed by atoms with Gasteiger partial charge in [-0.2, -0.15) is 0 Å². The lowest BCUT2D eigenvalue weighted by atomic mass is 10.0. The van der Waals surface area contributed by atoms with Gasteiger partial charge < -0.3 is 15.5 Å². The highest BCUT2D eigenvalue weighted by molar-refractivity contribution is 5.40. The Balaban J connectivity index is 1.72. The van der Waals surface area contributed by atoms with E-state index in [4.69, 9.17) is 0 Å². The molecule has 0 aliphatic heterocycles. The summed E-state index contributed by atoms with van der Waals surface area (Å²) in [6, 6.07) is 5.07. The normalized spacial score (nSPS) is 11.3. The zero-order chi connectivity index (χ0) is 22.4. The molecule has 0 saturated carbocycles. The lowest BCUT2D eigenvalue weighted by molar-refractivity contribution is 0.403. The lowest BCUT2D eigenvalue weighted by Gasteiger charge is -2.06. The van der Waals surface area contributed by atoms with Crippen LogP contribution in [0.25, 0.3) is 0 Å². The van der Waals surface area contributed by atoms with Crippen molar-refractivity contribution in [3.8, 4) is 11.5 Å². The van der Waals surface area contributed by atoms with Crippen LogP contribution in [0.3, 0.4) is 0 Å². The summed E-state index contributed by atoms with van der Waals surface area (Å²) < 4.78 is 0. The number of rotatable bonds is 22. The monoisotopic (exact) mass is 433 g/mol. The van der Waals surface area contributed by atoms with E-state index in [2.05, 4.69) is 12.2 Å². The lowest BCUT2D eigenvalue weighted by Crippen LogP contribution is -2.18. The van der Waals surface area contributed by atoms with E-state index in [9.17, 15) is 10.2 Å². The van der Waals surface area contributed by atoms with Crippen LogP contribution in [-0.2, 0) is 6.42 Å². The van der Waals surface area contributed by atoms with Gasteiger partial charge in [0.1, 0.15) is 0 Å². The van der Waals surface area contributed by atoms with Crippen LogP contribution in [-0.4, -0.2) is 23.3 Å². The first-order chi connectivity index (χ1) is 15.2. The van der Waals surface area contributed by atoms with Crippen molar-refractivity contribution in [3.05, 3.63) is 23.8 Å². The number of phenolic OH excluding ortho intramolecular Hbond substituents is 2. The summed E-state index contributed by atoms with van der Waals surface area (Å²) in [6.07, 6.45) is 26.4. The maximum absolute atomic E-state index is 9.50. The van der Waals surface area contributed by atoms with E-state index >= 15 is 0 Å². The molecule has 0 aromatic heterocycles. The Bertz CT molecular complexity index is 518. The fourth-order valence-electron chi connectivity index (χ4n) is 4.23. The highest BCUT2D eigenvalue weighted by Crippen LogP contribution is 2.24. The Labute approximate surface area is 193 Å². The average Bonchev–Trinajstić information content (AvgIpc) is 2.77. The predicted molar refractivity (Wildman–Crippen MR) is 135 cm³/mol. The average molecular weight is 434 g/mol. The number of benzene rings is 1. The topological polar surface area (TPSA) is 52.5 Å². The van der Waals surface area contributed by atoms with Crippen LogP contribution in [0.15, 0.2) is 18.2 Å². The minimum atomic E-state index is -0.0458. The van der Waals surface area contributed by atoms with Gasteiger partial charge in [0.05, 0.1) is 0 Å². The molecule has 1 aromatic rings. The van der Waals surface area contributed by atoms with Crippen LogP contribution in [0.4, 0.5) is 0 Å². The van der Waals surface area contributed by atoms with Crippen molar-refractivity contribution in [2.75, 3.05) is 13.1 Å². The van der Waals surface area contributed by atoms with Crippen LogP contribution in [0.1, 0.15) is 128 Å². The van der Waals surface area contributed by atoms with E-state index in [-0.39, 0.29) is 11.5 Å². The van der Waals surface area contributed by atoms with E-state index < -0.39 is 0 Å². The van der Waals surface area contributed by atoms with Gasteiger partial charge in [-0.05, 0) is 43.6 Å². The first-order valence-electron chi connectivity index (χ1n) is 13.5. The van der Waals surface area contributed by atoms with Crippen LogP contribution < -0.4 is 5.32 Å². The van der Waals surface area contributed by atoms with Crippen molar-refractivity contribution < 1.29 is 10.2 Å². The number of aromatic hydroxyl groups is 2. The maximum atomic E-state index is 9.50. The highest BCUT2D eigenvalue weighted by atomic mass is 16.3. The molecule has 0 radical (unpaired) electrons. The Hall–Kier alpha value is -1.22. The van der Waals surface area contributed by atoms with Gasteiger partial charge in [0.15, 0.2) is 11.5 Å². The summed E-state index contributed by atoms with van der Waals surface area (Å²) in [5, 5.41) is 22.3. The third kappa shape index (κ3) is 17.1. The number of nitrogens with one attached hydrogen (secondary N) is 1. The zero-order valence-corrected chi connectivity index (χ0v) is 20.5. The Morgan fingerprint density at radius 1 is 0.548 bits per heavy atom. The van der Waals surface area contributed by atoms with Gasteiger partial charge in [0, 0.05) is 0 Å². The summed E-state index contributed by atoms with van der Waals surface area (Å²) in [5.41, 5.74) is 1.06. The summed E-state index contributed by atoms with van der Waals surface area (Å²) >= 11 is 0. The van der Waals surface area contributed by atoms with Gasteiger partial charge >= 0.3 is 0 Å². The fraction of sp³-hybridized carbons (Fsp3) is 0.786.